The Kier molecular flexibility index (Phi) is 3.96. The molecule has 0 spiro atoms. The number of aliphatic hydroxyl groups excluding tert-OH is 1. The van der Waals surface area contributed by atoms with Gasteiger partial charge in [-0.1, -0.05) is 11.6 Å². The van der Waals surface area contributed by atoms with E-state index < -0.39 is 10.0 Å². The molecule has 0 amide bonds. The highest BCUT2D eigenvalue weighted by atomic mass is 35.5. The zero-order chi connectivity index (χ0) is 13.3. The van der Waals surface area contributed by atoms with Gasteiger partial charge in [-0.25, -0.2) is 8.42 Å². The van der Waals surface area contributed by atoms with E-state index in [1.54, 1.807) is 7.05 Å². The normalized spacial score (nSPS) is 19.3. The number of nitrogens with zero attached hydrogens (tertiary/aromatic N) is 3. The molecule has 6 nitrogen and oxygen atoms in total. The maximum atomic E-state index is 12.4. The lowest BCUT2D eigenvalue weighted by Gasteiger charge is -2.30. The molecule has 0 radical (unpaired) electrons. The molecule has 18 heavy (non-hydrogen) atoms. The average molecular weight is 294 g/mol. The molecule has 8 heteroatoms. The molecule has 1 aromatic heterocycles. The monoisotopic (exact) mass is 293 g/mol. The van der Waals surface area contributed by atoms with E-state index in [2.05, 4.69) is 5.10 Å². The second-order valence-electron chi connectivity index (χ2n) is 4.45. The lowest BCUT2D eigenvalue weighted by atomic mass is 10.00. The van der Waals surface area contributed by atoms with Gasteiger partial charge in [0.15, 0.2) is 5.03 Å². The summed E-state index contributed by atoms with van der Waals surface area (Å²) in [7, 11) is -2.04. The number of rotatable bonds is 3. The first-order chi connectivity index (χ1) is 8.46. The summed E-state index contributed by atoms with van der Waals surface area (Å²) in [6.07, 6.45) is 2.67. The minimum Gasteiger partial charge on any atom is -0.396 e. The SMILES string of the molecule is Cn1ncc(Cl)c1S(=O)(=O)N1CCC(CO)CC1. The van der Waals surface area contributed by atoms with Gasteiger partial charge in [0.25, 0.3) is 10.0 Å². The molecular weight excluding hydrogens is 278 g/mol. The largest absolute Gasteiger partial charge is 0.396 e. The summed E-state index contributed by atoms with van der Waals surface area (Å²) in [4.78, 5) is 0. The zero-order valence-electron chi connectivity index (χ0n) is 10.1. The van der Waals surface area contributed by atoms with Gasteiger partial charge >= 0.3 is 0 Å². The number of hydrogen-bond donors (Lipinski definition) is 1. The Morgan fingerprint density at radius 1 is 1.50 bits per heavy atom. The summed E-state index contributed by atoms with van der Waals surface area (Å²) in [5, 5.41) is 13.1. The first-order valence-corrected chi connectivity index (χ1v) is 7.57. The first-order valence-electron chi connectivity index (χ1n) is 5.75. The lowest BCUT2D eigenvalue weighted by molar-refractivity contribution is 0.170. The van der Waals surface area contributed by atoms with Gasteiger partial charge in [0.2, 0.25) is 0 Å². The van der Waals surface area contributed by atoms with E-state index >= 15 is 0 Å². The van der Waals surface area contributed by atoms with Crippen molar-refractivity contribution in [1.29, 1.82) is 0 Å². The van der Waals surface area contributed by atoms with Crippen molar-refractivity contribution in [2.45, 2.75) is 17.9 Å². The molecule has 0 aromatic carbocycles. The van der Waals surface area contributed by atoms with Crippen LogP contribution in [0.25, 0.3) is 0 Å². The Balaban J connectivity index is 2.23. The Bertz CT molecular complexity index is 501. The lowest BCUT2D eigenvalue weighted by Crippen LogP contribution is -2.39. The first kappa shape index (κ1) is 13.8. The van der Waals surface area contributed by atoms with E-state index in [0.717, 1.165) is 0 Å². The molecule has 0 aliphatic carbocycles. The molecule has 0 atom stereocenters. The predicted octanol–water partition coefficient (Wildman–Crippen LogP) is 0.467. The van der Waals surface area contributed by atoms with Gasteiger partial charge in [-0.3, -0.25) is 4.68 Å². The van der Waals surface area contributed by atoms with Crippen LogP contribution >= 0.6 is 11.6 Å². The van der Waals surface area contributed by atoms with E-state index in [1.807, 2.05) is 0 Å². The van der Waals surface area contributed by atoms with Crippen molar-refractivity contribution in [3.8, 4) is 0 Å². The van der Waals surface area contributed by atoms with Crippen LogP contribution in [0.1, 0.15) is 12.8 Å². The predicted molar refractivity (Wildman–Crippen MR) is 66.8 cm³/mol. The van der Waals surface area contributed by atoms with Crippen LogP contribution in [0.2, 0.25) is 5.02 Å². The van der Waals surface area contributed by atoms with Gasteiger partial charge < -0.3 is 5.11 Å². The minimum atomic E-state index is -3.59. The Morgan fingerprint density at radius 3 is 2.56 bits per heavy atom. The number of piperidine rings is 1. The van der Waals surface area contributed by atoms with E-state index in [-0.39, 0.29) is 22.6 Å². The number of aryl methyl sites for hydroxylation is 1. The molecule has 1 N–H and O–H groups in total. The highest BCUT2D eigenvalue weighted by Gasteiger charge is 2.32. The fraction of sp³-hybridized carbons (Fsp3) is 0.700. The number of aliphatic hydroxyl groups is 1. The maximum absolute atomic E-state index is 12.4. The van der Waals surface area contributed by atoms with Gasteiger partial charge in [-0.2, -0.15) is 9.40 Å². The summed E-state index contributed by atoms with van der Waals surface area (Å²) in [5.41, 5.74) is 0. The van der Waals surface area contributed by atoms with Crippen molar-refractivity contribution in [2.24, 2.45) is 13.0 Å². The second-order valence-corrected chi connectivity index (χ2v) is 6.71. The minimum absolute atomic E-state index is 0.0339. The molecule has 1 aromatic rings. The van der Waals surface area contributed by atoms with Gasteiger partial charge in [-0.15, -0.1) is 0 Å². The van der Waals surface area contributed by atoms with E-state index in [1.165, 1.54) is 15.2 Å². The van der Waals surface area contributed by atoms with Crippen LogP contribution < -0.4 is 0 Å². The fourth-order valence-electron chi connectivity index (χ4n) is 2.14. The number of aromatic nitrogens is 2. The van der Waals surface area contributed by atoms with Crippen LogP contribution in [-0.4, -0.2) is 47.3 Å². The molecule has 1 saturated heterocycles. The second kappa shape index (κ2) is 5.16. The van der Waals surface area contributed by atoms with Gasteiger partial charge in [0.1, 0.15) is 0 Å². The quantitative estimate of drug-likeness (QED) is 0.879. The van der Waals surface area contributed by atoms with Crippen LogP contribution in [0.15, 0.2) is 11.2 Å². The number of sulfonamides is 1. The topological polar surface area (TPSA) is 75.4 Å². The van der Waals surface area contributed by atoms with E-state index in [0.29, 0.717) is 25.9 Å². The molecule has 1 aliphatic heterocycles. The summed E-state index contributed by atoms with van der Waals surface area (Å²) >= 11 is 5.88. The fourth-order valence-corrected chi connectivity index (χ4v) is 4.22. The van der Waals surface area contributed by atoms with Crippen LogP contribution in [0, 0.1) is 5.92 Å². The van der Waals surface area contributed by atoms with Crippen LogP contribution in [0.5, 0.6) is 0 Å². The molecule has 1 fully saturated rings. The van der Waals surface area contributed by atoms with Crippen LogP contribution in [0.3, 0.4) is 0 Å². The van der Waals surface area contributed by atoms with E-state index in [9.17, 15) is 8.42 Å². The molecule has 0 bridgehead atoms. The Hall–Kier alpha value is -0.630. The highest BCUT2D eigenvalue weighted by molar-refractivity contribution is 7.89. The van der Waals surface area contributed by atoms with Crippen LogP contribution in [-0.2, 0) is 17.1 Å². The molecular formula is C10H16ClN3O3S. The van der Waals surface area contributed by atoms with Crippen LogP contribution in [0.4, 0.5) is 0 Å². The maximum Gasteiger partial charge on any atom is 0.261 e. The summed E-state index contributed by atoms with van der Waals surface area (Å²) in [6.45, 7) is 0.935. The third-order valence-electron chi connectivity index (χ3n) is 3.26. The molecule has 2 rings (SSSR count). The van der Waals surface area contributed by atoms with Gasteiger partial charge in [-0.05, 0) is 18.8 Å². The third kappa shape index (κ3) is 2.40. The molecule has 102 valence electrons. The van der Waals surface area contributed by atoms with Gasteiger partial charge in [0, 0.05) is 26.7 Å². The Labute approximate surface area is 111 Å². The number of hydrogen-bond acceptors (Lipinski definition) is 4. The van der Waals surface area contributed by atoms with E-state index in [4.69, 9.17) is 16.7 Å². The third-order valence-corrected chi connectivity index (χ3v) is 5.66. The Morgan fingerprint density at radius 2 is 2.11 bits per heavy atom. The summed E-state index contributed by atoms with van der Waals surface area (Å²) in [6, 6.07) is 0. The van der Waals surface area contributed by atoms with Crippen molar-refractivity contribution in [2.75, 3.05) is 19.7 Å². The summed E-state index contributed by atoms with van der Waals surface area (Å²) < 4.78 is 27.5. The van der Waals surface area contributed by atoms with Crippen molar-refractivity contribution in [3.05, 3.63) is 11.2 Å². The van der Waals surface area contributed by atoms with Crippen molar-refractivity contribution < 1.29 is 13.5 Å². The standard InChI is InChI=1S/C10H16ClN3O3S/c1-13-10(9(11)6-12-13)18(16,17)14-4-2-8(7-15)3-5-14/h6,8,15H,2-5,7H2,1H3. The average Bonchev–Trinajstić information content (AvgIpc) is 2.69. The highest BCUT2D eigenvalue weighted by Crippen LogP contribution is 2.27. The number of halogens is 1. The summed E-state index contributed by atoms with van der Waals surface area (Å²) in [5.74, 6) is 0.193. The molecule has 0 saturated carbocycles. The molecule has 1 aliphatic rings. The van der Waals surface area contributed by atoms with Gasteiger partial charge in [0.05, 0.1) is 11.2 Å². The van der Waals surface area contributed by atoms with Crippen molar-refractivity contribution >= 4 is 21.6 Å². The zero-order valence-corrected chi connectivity index (χ0v) is 11.7. The molecule has 0 unspecified atom stereocenters. The van der Waals surface area contributed by atoms with Crippen molar-refractivity contribution in [1.82, 2.24) is 14.1 Å². The molecule has 2 heterocycles. The smallest absolute Gasteiger partial charge is 0.261 e. The van der Waals surface area contributed by atoms with Crippen molar-refractivity contribution in [3.63, 3.8) is 0 Å².